The minimum absolute atomic E-state index is 0.00189. The van der Waals surface area contributed by atoms with Crippen LogP contribution in [-0.4, -0.2) is 30.2 Å². The van der Waals surface area contributed by atoms with Crippen LogP contribution in [0.4, 0.5) is 0 Å². The average molecular weight is 343 g/mol. The predicted molar refractivity (Wildman–Crippen MR) is 94.9 cm³/mol. The predicted octanol–water partition coefficient (Wildman–Crippen LogP) is 4.33. The molecule has 5 heteroatoms. The van der Waals surface area contributed by atoms with E-state index in [0.29, 0.717) is 10.4 Å². The Labute approximate surface area is 146 Å². The molecule has 0 saturated carbocycles. The highest BCUT2D eigenvalue weighted by Gasteiger charge is 2.29. The van der Waals surface area contributed by atoms with Gasteiger partial charge in [0, 0.05) is 11.9 Å². The summed E-state index contributed by atoms with van der Waals surface area (Å²) in [5.74, 6) is 0.813. The number of carbonyl (C=O) groups excluding carboxylic acids is 2. The molecule has 24 heavy (non-hydrogen) atoms. The molecular formula is C19H21NO3S. The molecule has 1 amide bonds. The molecular weight excluding hydrogens is 322 g/mol. The van der Waals surface area contributed by atoms with E-state index in [9.17, 15) is 9.59 Å². The van der Waals surface area contributed by atoms with Crippen LogP contribution in [-0.2, 0) is 0 Å². The Morgan fingerprint density at radius 3 is 2.79 bits per heavy atom. The number of carbonyl (C=O) groups is 2. The average Bonchev–Trinajstić information content (AvgIpc) is 3.11. The van der Waals surface area contributed by atoms with Gasteiger partial charge in [-0.15, -0.1) is 11.3 Å². The van der Waals surface area contributed by atoms with Crippen LogP contribution >= 0.6 is 11.3 Å². The number of piperidine rings is 1. The van der Waals surface area contributed by atoms with Crippen molar-refractivity contribution in [3.8, 4) is 5.75 Å². The Hall–Kier alpha value is -2.14. The SMILES string of the molecule is COc1cccc(C2CCCCN2C(=O)c2csc(C(C)=O)c2)c1. The van der Waals surface area contributed by atoms with Crippen LogP contribution in [0.1, 0.15) is 57.8 Å². The van der Waals surface area contributed by atoms with Crippen molar-refractivity contribution in [2.24, 2.45) is 0 Å². The molecule has 1 atom stereocenters. The molecule has 0 radical (unpaired) electrons. The maximum atomic E-state index is 13.0. The van der Waals surface area contributed by atoms with Crippen LogP contribution in [0.3, 0.4) is 0 Å². The summed E-state index contributed by atoms with van der Waals surface area (Å²) < 4.78 is 5.32. The first-order chi connectivity index (χ1) is 11.6. The molecule has 0 spiro atoms. The summed E-state index contributed by atoms with van der Waals surface area (Å²) in [7, 11) is 1.65. The van der Waals surface area contributed by atoms with Gasteiger partial charge in [-0.3, -0.25) is 9.59 Å². The summed E-state index contributed by atoms with van der Waals surface area (Å²) in [4.78, 5) is 27.0. The van der Waals surface area contributed by atoms with E-state index in [1.807, 2.05) is 29.2 Å². The fraction of sp³-hybridized carbons (Fsp3) is 0.368. The summed E-state index contributed by atoms with van der Waals surface area (Å²) in [6.07, 6.45) is 3.06. The molecule has 1 aliphatic heterocycles. The molecule has 1 unspecified atom stereocenters. The van der Waals surface area contributed by atoms with Gasteiger partial charge in [-0.2, -0.15) is 0 Å². The van der Waals surface area contributed by atoms with Gasteiger partial charge in [0.05, 0.1) is 23.6 Å². The zero-order valence-corrected chi connectivity index (χ0v) is 14.8. The summed E-state index contributed by atoms with van der Waals surface area (Å²) in [6, 6.07) is 9.70. The van der Waals surface area contributed by atoms with E-state index in [0.717, 1.165) is 37.1 Å². The van der Waals surface area contributed by atoms with Crippen molar-refractivity contribution in [1.29, 1.82) is 0 Å². The van der Waals surface area contributed by atoms with Crippen molar-refractivity contribution in [1.82, 2.24) is 4.90 Å². The fourth-order valence-corrected chi connectivity index (χ4v) is 3.95. The molecule has 2 heterocycles. The third kappa shape index (κ3) is 3.36. The summed E-state index contributed by atoms with van der Waals surface area (Å²) in [5.41, 5.74) is 1.71. The van der Waals surface area contributed by atoms with Crippen LogP contribution in [0.15, 0.2) is 35.7 Å². The molecule has 3 rings (SSSR count). The van der Waals surface area contributed by atoms with E-state index in [-0.39, 0.29) is 17.7 Å². The Bertz CT molecular complexity index is 753. The fourth-order valence-electron chi connectivity index (χ4n) is 3.17. The lowest BCUT2D eigenvalue weighted by Gasteiger charge is -2.36. The highest BCUT2D eigenvalue weighted by atomic mass is 32.1. The van der Waals surface area contributed by atoms with Crippen molar-refractivity contribution < 1.29 is 14.3 Å². The summed E-state index contributed by atoms with van der Waals surface area (Å²) in [6.45, 7) is 2.27. The number of ether oxygens (including phenoxy) is 1. The van der Waals surface area contributed by atoms with Crippen molar-refractivity contribution in [3.05, 3.63) is 51.7 Å². The smallest absolute Gasteiger partial charge is 0.255 e. The number of Topliss-reactive ketones (excluding diaryl/α,β-unsaturated/α-hetero) is 1. The lowest BCUT2D eigenvalue weighted by Crippen LogP contribution is -2.38. The number of ketones is 1. The van der Waals surface area contributed by atoms with E-state index >= 15 is 0 Å². The quantitative estimate of drug-likeness (QED) is 0.777. The van der Waals surface area contributed by atoms with Gasteiger partial charge in [-0.1, -0.05) is 12.1 Å². The van der Waals surface area contributed by atoms with Crippen molar-refractivity contribution >= 4 is 23.0 Å². The Balaban J connectivity index is 1.88. The third-order valence-electron chi connectivity index (χ3n) is 4.44. The minimum Gasteiger partial charge on any atom is -0.497 e. The van der Waals surface area contributed by atoms with Crippen LogP contribution in [0.25, 0.3) is 0 Å². The van der Waals surface area contributed by atoms with Crippen molar-refractivity contribution in [2.45, 2.75) is 32.2 Å². The van der Waals surface area contributed by atoms with E-state index in [4.69, 9.17) is 4.74 Å². The van der Waals surface area contributed by atoms with Crippen LogP contribution in [0.5, 0.6) is 5.75 Å². The number of hydrogen-bond acceptors (Lipinski definition) is 4. The van der Waals surface area contributed by atoms with Gasteiger partial charge in [-0.25, -0.2) is 0 Å². The number of benzene rings is 1. The first-order valence-electron chi connectivity index (χ1n) is 8.14. The second-order valence-electron chi connectivity index (χ2n) is 6.04. The third-order valence-corrected chi connectivity index (χ3v) is 5.47. The van der Waals surface area contributed by atoms with E-state index in [1.165, 1.54) is 18.3 Å². The van der Waals surface area contributed by atoms with Gasteiger partial charge in [-0.05, 0) is 49.9 Å². The highest BCUT2D eigenvalue weighted by Crippen LogP contribution is 2.34. The molecule has 1 aromatic carbocycles. The molecule has 1 saturated heterocycles. The lowest BCUT2D eigenvalue weighted by atomic mass is 9.94. The first kappa shape index (κ1) is 16.7. The number of thiophene rings is 1. The molecule has 1 aliphatic rings. The Morgan fingerprint density at radius 2 is 2.08 bits per heavy atom. The lowest BCUT2D eigenvalue weighted by molar-refractivity contribution is 0.0612. The number of rotatable bonds is 4. The molecule has 4 nitrogen and oxygen atoms in total. The van der Waals surface area contributed by atoms with E-state index < -0.39 is 0 Å². The molecule has 2 aromatic rings. The first-order valence-corrected chi connectivity index (χ1v) is 9.02. The molecule has 0 bridgehead atoms. The Morgan fingerprint density at radius 1 is 1.25 bits per heavy atom. The zero-order valence-electron chi connectivity index (χ0n) is 14.0. The maximum Gasteiger partial charge on any atom is 0.255 e. The van der Waals surface area contributed by atoms with Crippen molar-refractivity contribution in [3.63, 3.8) is 0 Å². The highest BCUT2D eigenvalue weighted by molar-refractivity contribution is 7.12. The second kappa shape index (κ2) is 7.18. The molecule has 126 valence electrons. The molecule has 1 fully saturated rings. The van der Waals surface area contributed by atoms with Gasteiger partial charge in [0.2, 0.25) is 0 Å². The van der Waals surface area contributed by atoms with Gasteiger partial charge >= 0.3 is 0 Å². The minimum atomic E-state index is 0.00189. The topological polar surface area (TPSA) is 46.6 Å². The number of amides is 1. The Kier molecular flexibility index (Phi) is 5.00. The number of likely N-dealkylation sites (tertiary alicyclic amines) is 1. The van der Waals surface area contributed by atoms with Crippen molar-refractivity contribution in [2.75, 3.05) is 13.7 Å². The van der Waals surface area contributed by atoms with Gasteiger partial charge < -0.3 is 9.64 Å². The number of hydrogen-bond donors (Lipinski definition) is 0. The van der Waals surface area contributed by atoms with Gasteiger partial charge in [0.15, 0.2) is 5.78 Å². The van der Waals surface area contributed by atoms with Crippen LogP contribution in [0.2, 0.25) is 0 Å². The zero-order chi connectivity index (χ0) is 17.1. The largest absolute Gasteiger partial charge is 0.497 e. The number of methoxy groups -OCH3 is 1. The molecule has 1 aromatic heterocycles. The number of nitrogens with zero attached hydrogens (tertiary/aromatic N) is 1. The van der Waals surface area contributed by atoms with Gasteiger partial charge in [0.25, 0.3) is 5.91 Å². The standard InChI is InChI=1S/C19H21NO3S/c1-13(21)18-11-15(12-24-18)19(22)20-9-4-3-8-17(20)14-6-5-7-16(10-14)23-2/h5-7,10-12,17H,3-4,8-9H2,1-2H3. The van der Waals surface area contributed by atoms with E-state index in [1.54, 1.807) is 18.6 Å². The molecule has 0 aliphatic carbocycles. The normalized spacial score (nSPS) is 17.6. The molecule has 0 N–H and O–H groups in total. The van der Waals surface area contributed by atoms with E-state index in [2.05, 4.69) is 0 Å². The second-order valence-corrected chi connectivity index (χ2v) is 6.95. The van der Waals surface area contributed by atoms with Crippen LogP contribution in [0, 0.1) is 0 Å². The monoisotopic (exact) mass is 343 g/mol. The van der Waals surface area contributed by atoms with Crippen LogP contribution < -0.4 is 4.74 Å². The maximum absolute atomic E-state index is 13.0. The summed E-state index contributed by atoms with van der Waals surface area (Å²) >= 11 is 1.34. The van der Waals surface area contributed by atoms with Gasteiger partial charge in [0.1, 0.15) is 5.75 Å². The summed E-state index contributed by atoms with van der Waals surface area (Å²) in [5, 5.41) is 1.79.